The van der Waals surface area contributed by atoms with Crippen LogP contribution in [0.15, 0.2) is 48.5 Å². The number of benzene rings is 2. The largest absolute Gasteiger partial charge is 0.427 e. The van der Waals surface area contributed by atoms with Gasteiger partial charge < -0.3 is 10.1 Å². The summed E-state index contributed by atoms with van der Waals surface area (Å²) in [5.41, 5.74) is -0.675. The summed E-state index contributed by atoms with van der Waals surface area (Å²) in [6, 6.07) is 10.2. The number of anilines is 1. The van der Waals surface area contributed by atoms with Crippen LogP contribution in [-0.4, -0.2) is 11.9 Å². The number of hydrogen-bond acceptors (Lipinski definition) is 3. The summed E-state index contributed by atoms with van der Waals surface area (Å²) in [6.07, 6.45) is -4.31. The number of carbonyl (C=O) groups excluding carboxylic acids is 2. The zero-order valence-electron chi connectivity index (χ0n) is 12.7. The first-order valence-electron chi connectivity index (χ1n) is 7.09. The van der Waals surface area contributed by atoms with Crippen molar-refractivity contribution in [1.82, 2.24) is 0 Å². The lowest BCUT2D eigenvalue weighted by Gasteiger charge is -2.10. The quantitative estimate of drug-likeness (QED) is 0.669. The molecular weight excluding hydrogens is 323 g/mol. The Bertz CT molecular complexity index is 757. The van der Waals surface area contributed by atoms with Crippen molar-refractivity contribution in [3.63, 3.8) is 0 Å². The molecule has 1 N–H and O–H groups in total. The summed E-state index contributed by atoms with van der Waals surface area (Å²) in [5.74, 6) is -0.868. The van der Waals surface area contributed by atoms with E-state index in [9.17, 15) is 22.8 Å². The number of carbonyl (C=O) groups is 2. The van der Waals surface area contributed by atoms with E-state index in [2.05, 4.69) is 5.32 Å². The van der Waals surface area contributed by atoms with Crippen molar-refractivity contribution >= 4 is 17.6 Å². The molecule has 0 spiro atoms. The molecule has 0 unspecified atom stereocenters. The maximum atomic E-state index is 12.7. The molecule has 0 radical (unpaired) electrons. The minimum absolute atomic E-state index is 0.0192. The molecule has 2 aromatic carbocycles. The lowest BCUT2D eigenvalue weighted by molar-refractivity contribution is -0.137. The minimum atomic E-state index is -4.49. The summed E-state index contributed by atoms with van der Waals surface area (Å²) in [4.78, 5) is 23.4. The Kier molecular flexibility index (Phi) is 5.23. The topological polar surface area (TPSA) is 55.4 Å². The molecule has 4 nitrogen and oxygen atoms in total. The average Bonchev–Trinajstić information content (AvgIpc) is 2.54. The average molecular weight is 337 g/mol. The summed E-state index contributed by atoms with van der Waals surface area (Å²) >= 11 is 0. The van der Waals surface area contributed by atoms with Gasteiger partial charge in [-0.05, 0) is 36.4 Å². The Morgan fingerprint density at radius 3 is 2.46 bits per heavy atom. The van der Waals surface area contributed by atoms with E-state index in [0.29, 0.717) is 0 Å². The standard InChI is InChI=1S/C17H14F3NO3/c1-2-15(22)24-14-8-3-5-11(9-14)16(23)21-13-7-4-6-12(10-13)17(18,19)20/h3-10H,2H2,1H3,(H,21,23). The lowest BCUT2D eigenvalue weighted by atomic mass is 10.1. The van der Waals surface area contributed by atoms with Crippen molar-refractivity contribution in [3.8, 4) is 5.75 Å². The minimum Gasteiger partial charge on any atom is -0.427 e. The van der Waals surface area contributed by atoms with Crippen molar-refractivity contribution in [2.24, 2.45) is 0 Å². The van der Waals surface area contributed by atoms with Gasteiger partial charge in [-0.1, -0.05) is 19.1 Å². The van der Waals surface area contributed by atoms with Gasteiger partial charge >= 0.3 is 12.1 Å². The summed E-state index contributed by atoms with van der Waals surface area (Å²) in [6.45, 7) is 1.63. The molecule has 24 heavy (non-hydrogen) atoms. The number of hydrogen-bond donors (Lipinski definition) is 1. The molecule has 1 amide bonds. The van der Waals surface area contributed by atoms with Gasteiger partial charge in [-0.25, -0.2) is 0 Å². The summed E-state index contributed by atoms with van der Waals surface area (Å²) in [5, 5.41) is 2.39. The maximum Gasteiger partial charge on any atom is 0.416 e. The Morgan fingerprint density at radius 2 is 1.79 bits per heavy atom. The van der Waals surface area contributed by atoms with Crippen LogP contribution in [0.25, 0.3) is 0 Å². The second kappa shape index (κ2) is 7.16. The van der Waals surface area contributed by atoms with Gasteiger partial charge in [-0.3, -0.25) is 9.59 Å². The van der Waals surface area contributed by atoms with Crippen LogP contribution in [0.1, 0.15) is 29.3 Å². The van der Waals surface area contributed by atoms with E-state index >= 15 is 0 Å². The molecule has 126 valence electrons. The SMILES string of the molecule is CCC(=O)Oc1cccc(C(=O)Nc2cccc(C(F)(F)F)c2)c1. The van der Waals surface area contributed by atoms with Gasteiger partial charge in [0.1, 0.15) is 5.75 Å². The molecule has 0 aromatic heterocycles. The van der Waals surface area contributed by atoms with E-state index in [1.807, 2.05) is 0 Å². The third-order valence-corrected chi connectivity index (χ3v) is 3.06. The van der Waals surface area contributed by atoms with Crippen LogP contribution in [0.5, 0.6) is 5.75 Å². The van der Waals surface area contributed by atoms with Crippen molar-refractivity contribution in [3.05, 3.63) is 59.7 Å². The molecule has 0 saturated carbocycles. The second-order valence-corrected chi connectivity index (χ2v) is 4.89. The van der Waals surface area contributed by atoms with E-state index in [4.69, 9.17) is 4.74 Å². The van der Waals surface area contributed by atoms with Crippen LogP contribution in [-0.2, 0) is 11.0 Å². The van der Waals surface area contributed by atoms with Crippen LogP contribution in [0.3, 0.4) is 0 Å². The van der Waals surface area contributed by atoms with Crippen molar-refractivity contribution in [2.45, 2.75) is 19.5 Å². The number of amides is 1. The molecule has 0 fully saturated rings. The number of nitrogens with one attached hydrogen (secondary N) is 1. The zero-order chi connectivity index (χ0) is 17.7. The van der Waals surface area contributed by atoms with Crippen LogP contribution >= 0.6 is 0 Å². The number of esters is 1. The fraction of sp³-hybridized carbons (Fsp3) is 0.176. The van der Waals surface area contributed by atoms with Gasteiger partial charge in [0.15, 0.2) is 0 Å². The molecule has 0 heterocycles. The first-order valence-corrected chi connectivity index (χ1v) is 7.09. The van der Waals surface area contributed by atoms with Crippen LogP contribution in [0, 0.1) is 0 Å². The molecule has 7 heteroatoms. The van der Waals surface area contributed by atoms with E-state index < -0.39 is 23.6 Å². The molecule has 0 bridgehead atoms. The number of rotatable bonds is 4. The maximum absolute atomic E-state index is 12.7. The van der Waals surface area contributed by atoms with E-state index in [1.54, 1.807) is 6.92 Å². The molecule has 0 aliphatic heterocycles. The highest BCUT2D eigenvalue weighted by molar-refractivity contribution is 6.04. The third kappa shape index (κ3) is 4.58. The fourth-order valence-corrected chi connectivity index (χ4v) is 1.88. The van der Waals surface area contributed by atoms with Gasteiger partial charge in [0.25, 0.3) is 5.91 Å². The highest BCUT2D eigenvalue weighted by Crippen LogP contribution is 2.30. The predicted octanol–water partition coefficient (Wildman–Crippen LogP) is 4.27. The van der Waals surface area contributed by atoms with Gasteiger partial charge in [-0.15, -0.1) is 0 Å². The number of halogens is 3. The first kappa shape index (κ1) is 17.5. The van der Waals surface area contributed by atoms with Gasteiger partial charge in [0.2, 0.25) is 0 Å². The molecule has 2 aromatic rings. The Morgan fingerprint density at radius 1 is 1.08 bits per heavy atom. The second-order valence-electron chi connectivity index (χ2n) is 4.89. The van der Waals surface area contributed by atoms with Crippen molar-refractivity contribution < 1.29 is 27.5 Å². The van der Waals surface area contributed by atoms with Gasteiger partial charge in [0, 0.05) is 17.7 Å². The van der Waals surface area contributed by atoms with Crippen LogP contribution in [0.4, 0.5) is 18.9 Å². The summed E-state index contributed by atoms with van der Waals surface area (Å²) < 4.78 is 43.0. The molecule has 2 rings (SSSR count). The Hall–Kier alpha value is -2.83. The number of ether oxygens (including phenoxy) is 1. The number of alkyl halides is 3. The molecule has 0 saturated heterocycles. The highest BCUT2D eigenvalue weighted by atomic mass is 19.4. The fourth-order valence-electron chi connectivity index (χ4n) is 1.88. The molecular formula is C17H14F3NO3. The van der Waals surface area contributed by atoms with E-state index in [-0.39, 0.29) is 23.4 Å². The normalized spacial score (nSPS) is 11.0. The lowest BCUT2D eigenvalue weighted by Crippen LogP contribution is -2.13. The van der Waals surface area contributed by atoms with Crippen molar-refractivity contribution in [1.29, 1.82) is 0 Å². The predicted molar refractivity (Wildman–Crippen MR) is 81.8 cm³/mol. The Balaban J connectivity index is 2.15. The monoisotopic (exact) mass is 337 g/mol. The Labute approximate surface area is 136 Å². The van der Waals surface area contributed by atoms with Crippen LogP contribution in [0.2, 0.25) is 0 Å². The first-order chi connectivity index (χ1) is 11.3. The molecule has 0 aliphatic carbocycles. The zero-order valence-corrected chi connectivity index (χ0v) is 12.7. The molecule has 0 aliphatic rings. The van der Waals surface area contributed by atoms with Crippen LogP contribution < -0.4 is 10.1 Å². The third-order valence-electron chi connectivity index (χ3n) is 3.06. The highest BCUT2D eigenvalue weighted by Gasteiger charge is 2.30. The van der Waals surface area contributed by atoms with Crippen molar-refractivity contribution in [2.75, 3.05) is 5.32 Å². The molecule has 0 atom stereocenters. The van der Waals surface area contributed by atoms with E-state index in [1.165, 1.54) is 36.4 Å². The summed E-state index contributed by atoms with van der Waals surface area (Å²) in [7, 11) is 0. The van der Waals surface area contributed by atoms with E-state index in [0.717, 1.165) is 12.1 Å². The van der Waals surface area contributed by atoms with Gasteiger partial charge in [0.05, 0.1) is 5.56 Å². The van der Waals surface area contributed by atoms with Gasteiger partial charge in [-0.2, -0.15) is 13.2 Å². The smallest absolute Gasteiger partial charge is 0.416 e.